The van der Waals surface area contributed by atoms with Crippen LogP contribution in [0.1, 0.15) is 18.4 Å². The fraction of sp³-hybridized carbons (Fsp3) is 0.360. The smallest absolute Gasteiger partial charge is 0.229 e. The summed E-state index contributed by atoms with van der Waals surface area (Å²) in [7, 11) is 0. The highest BCUT2D eigenvalue weighted by Crippen LogP contribution is 2.34. The van der Waals surface area contributed by atoms with Crippen LogP contribution < -0.4 is 20.4 Å². The third kappa shape index (κ3) is 4.28. The molecule has 1 aromatic carbocycles. The van der Waals surface area contributed by atoms with Crippen molar-refractivity contribution < 1.29 is 0 Å². The van der Waals surface area contributed by atoms with Crippen LogP contribution in [-0.2, 0) is 6.54 Å². The fourth-order valence-corrected chi connectivity index (χ4v) is 5.28. The van der Waals surface area contributed by atoms with E-state index < -0.39 is 0 Å². The summed E-state index contributed by atoms with van der Waals surface area (Å²) in [6.07, 6.45) is 2.35. The van der Waals surface area contributed by atoms with Gasteiger partial charge in [0.2, 0.25) is 5.95 Å². The van der Waals surface area contributed by atoms with Crippen LogP contribution in [0.2, 0.25) is 0 Å². The number of anilines is 3. The Morgan fingerprint density at radius 2 is 1.68 bits per heavy atom. The standard InChI is InChI=1S/C25H28N8S/c1-2-7-18(8-3-1)17-27-22-20(19-9-6-16-34-19)28-21-23(29-22)30-25(33-14-10-26-11-15-33)31-24(21)32-12-4-5-13-32/h1-3,6-9,16,26H,4-5,10-15,17H2,(H,27,29,30,31). The van der Waals surface area contributed by atoms with Gasteiger partial charge in [-0.15, -0.1) is 11.3 Å². The molecule has 0 bridgehead atoms. The van der Waals surface area contributed by atoms with Crippen molar-refractivity contribution in [2.45, 2.75) is 19.4 Å². The second kappa shape index (κ2) is 9.52. The van der Waals surface area contributed by atoms with Crippen LogP contribution in [0, 0.1) is 0 Å². The zero-order chi connectivity index (χ0) is 22.7. The Balaban J connectivity index is 1.47. The fourth-order valence-electron chi connectivity index (χ4n) is 4.57. The van der Waals surface area contributed by atoms with E-state index in [2.05, 4.69) is 62.2 Å². The van der Waals surface area contributed by atoms with Gasteiger partial charge in [-0.25, -0.2) is 9.97 Å². The van der Waals surface area contributed by atoms with Gasteiger partial charge >= 0.3 is 0 Å². The van der Waals surface area contributed by atoms with Crippen LogP contribution in [0.4, 0.5) is 17.6 Å². The molecular formula is C25H28N8S. The Kier molecular flexibility index (Phi) is 5.95. The van der Waals surface area contributed by atoms with E-state index in [1.165, 1.54) is 18.4 Å². The molecule has 5 heterocycles. The van der Waals surface area contributed by atoms with Crippen LogP contribution in [0.3, 0.4) is 0 Å². The van der Waals surface area contributed by atoms with E-state index in [-0.39, 0.29) is 0 Å². The molecule has 174 valence electrons. The van der Waals surface area contributed by atoms with Gasteiger partial charge in [-0.3, -0.25) is 0 Å². The molecule has 34 heavy (non-hydrogen) atoms. The molecule has 2 aliphatic heterocycles. The van der Waals surface area contributed by atoms with Crippen LogP contribution in [-0.4, -0.2) is 59.2 Å². The van der Waals surface area contributed by atoms with Crippen molar-refractivity contribution in [1.82, 2.24) is 25.3 Å². The molecule has 2 saturated heterocycles. The summed E-state index contributed by atoms with van der Waals surface area (Å²) in [5, 5.41) is 9.02. The molecule has 0 spiro atoms. The van der Waals surface area contributed by atoms with E-state index in [1.54, 1.807) is 11.3 Å². The van der Waals surface area contributed by atoms with Crippen LogP contribution >= 0.6 is 11.3 Å². The summed E-state index contributed by atoms with van der Waals surface area (Å²) in [6.45, 7) is 6.33. The van der Waals surface area contributed by atoms with Gasteiger partial charge in [0, 0.05) is 45.8 Å². The topological polar surface area (TPSA) is 82.1 Å². The van der Waals surface area contributed by atoms with Gasteiger partial charge in [-0.05, 0) is 29.9 Å². The molecule has 8 nitrogen and oxygen atoms in total. The predicted molar refractivity (Wildman–Crippen MR) is 139 cm³/mol. The maximum atomic E-state index is 5.15. The molecule has 0 aliphatic carbocycles. The molecule has 0 amide bonds. The van der Waals surface area contributed by atoms with Crippen molar-refractivity contribution in [3.63, 3.8) is 0 Å². The van der Waals surface area contributed by atoms with Gasteiger partial charge in [-0.2, -0.15) is 9.97 Å². The van der Waals surface area contributed by atoms with Crippen molar-refractivity contribution in [2.75, 3.05) is 54.4 Å². The minimum absolute atomic E-state index is 0.654. The number of nitrogens with one attached hydrogen (secondary N) is 2. The first-order chi connectivity index (χ1) is 16.8. The molecule has 9 heteroatoms. The number of piperazine rings is 1. The summed E-state index contributed by atoms with van der Waals surface area (Å²) in [5.41, 5.74) is 3.50. The van der Waals surface area contributed by atoms with E-state index in [0.717, 1.165) is 72.9 Å². The van der Waals surface area contributed by atoms with Crippen LogP contribution in [0.25, 0.3) is 21.7 Å². The quantitative estimate of drug-likeness (QED) is 0.439. The number of nitrogens with zero attached hydrogens (tertiary/aromatic N) is 6. The third-order valence-electron chi connectivity index (χ3n) is 6.36. The zero-order valence-corrected chi connectivity index (χ0v) is 19.9. The monoisotopic (exact) mass is 472 g/mol. The first kappa shape index (κ1) is 21.2. The molecule has 4 aromatic rings. The van der Waals surface area contributed by atoms with Gasteiger partial charge in [-0.1, -0.05) is 36.4 Å². The highest BCUT2D eigenvalue weighted by molar-refractivity contribution is 7.13. The largest absolute Gasteiger partial charge is 0.364 e. The Bertz CT molecular complexity index is 1250. The van der Waals surface area contributed by atoms with Crippen molar-refractivity contribution >= 4 is 40.1 Å². The Morgan fingerprint density at radius 3 is 2.44 bits per heavy atom. The van der Waals surface area contributed by atoms with Crippen LogP contribution in [0.15, 0.2) is 47.8 Å². The summed E-state index contributed by atoms with van der Waals surface area (Å²) in [5.74, 6) is 2.43. The molecule has 0 atom stereocenters. The first-order valence-electron chi connectivity index (χ1n) is 12.0. The molecule has 2 fully saturated rings. The predicted octanol–water partition coefficient (Wildman–Crippen LogP) is 3.77. The Labute approximate surface area is 203 Å². The number of hydrogen-bond donors (Lipinski definition) is 2. The van der Waals surface area contributed by atoms with Gasteiger partial charge in [0.15, 0.2) is 22.8 Å². The van der Waals surface area contributed by atoms with Gasteiger partial charge in [0.1, 0.15) is 5.69 Å². The van der Waals surface area contributed by atoms with Gasteiger partial charge < -0.3 is 20.4 Å². The highest BCUT2D eigenvalue weighted by Gasteiger charge is 2.24. The maximum Gasteiger partial charge on any atom is 0.229 e. The SMILES string of the molecule is c1ccc(CNc2nc3nc(N4CCNCC4)nc(N4CCCC4)c3nc2-c2cccs2)cc1. The van der Waals surface area contributed by atoms with Crippen molar-refractivity contribution in [2.24, 2.45) is 0 Å². The summed E-state index contributed by atoms with van der Waals surface area (Å²) >= 11 is 1.67. The second-order valence-corrected chi connectivity index (χ2v) is 9.64. The van der Waals surface area contributed by atoms with E-state index in [1.807, 2.05) is 6.07 Å². The number of fused-ring (bicyclic) bond motifs is 1. The molecule has 0 unspecified atom stereocenters. The molecule has 3 aromatic heterocycles. The van der Waals surface area contributed by atoms with Crippen molar-refractivity contribution in [1.29, 1.82) is 0 Å². The zero-order valence-electron chi connectivity index (χ0n) is 19.1. The molecule has 2 aliphatic rings. The Morgan fingerprint density at radius 1 is 0.853 bits per heavy atom. The molecule has 0 radical (unpaired) electrons. The molecule has 6 rings (SSSR count). The second-order valence-electron chi connectivity index (χ2n) is 8.69. The number of aromatic nitrogens is 4. The Hall–Kier alpha value is -3.30. The minimum atomic E-state index is 0.654. The van der Waals surface area contributed by atoms with Gasteiger partial charge in [0.25, 0.3) is 0 Å². The summed E-state index contributed by atoms with van der Waals surface area (Å²) in [6, 6.07) is 14.5. The van der Waals surface area contributed by atoms with E-state index in [4.69, 9.17) is 19.9 Å². The van der Waals surface area contributed by atoms with Crippen molar-refractivity contribution in [3.05, 3.63) is 53.4 Å². The van der Waals surface area contributed by atoms with Crippen LogP contribution in [0.5, 0.6) is 0 Å². The van der Waals surface area contributed by atoms with E-state index in [9.17, 15) is 0 Å². The average Bonchev–Trinajstić information content (AvgIpc) is 3.62. The minimum Gasteiger partial charge on any atom is -0.364 e. The van der Waals surface area contributed by atoms with Gasteiger partial charge in [0.05, 0.1) is 4.88 Å². The normalized spacial score (nSPS) is 16.4. The average molecular weight is 473 g/mol. The number of rotatable bonds is 6. The highest BCUT2D eigenvalue weighted by atomic mass is 32.1. The van der Waals surface area contributed by atoms with E-state index >= 15 is 0 Å². The molecule has 0 saturated carbocycles. The summed E-state index contributed by atoms with van der Waals surface area (Å²) in [4.78, 5) is 25.8. The number of benzene rings is 1. The lowest BCUT2D eigenvalue weighted by molar-refractivity contribution is 0.580. The van der Waals surface area contributed by atoms with Crippen molar-refractivity contribution in [3.8, 4) is 10.6 Å². The maximum absolute atomic E-state index is 5.15. The summed E-state index contributed by atoms with van der Waals surface area (Å²) < 4.78 is 0. The lowest BCUT2D eigenvalue weighted by atomic mass is 10.2. The first-order valence-corrected chi connectivity index (χ1v) is 12.9. The molecular weight excluding hydrogens is 444 g/mol. The van der Waals surface area contributed by atoms with E-state index in [0.29, 0.717) is 12.2 Å². The number of hydrogen-bond acceptors (Lipinski definition) is 9. The molecule has 2 N–H and O–H groups in total. The lowest BCUT2D eigenvalue weighted by Gasteiger charge is -2.28. The number of thiophene rings is 1. The lowest BCUT2D eigenvalue weighted by Crippen LogP contribution is -2.44. The third-order valence-corrected chi connectivity index (χ3v) is 7.24.